The highest BCUT2D eigenvalue weighted by atomic mass is 16.2. The van der Waals surface area contributed by atoms with Gasteiger partial charge in [-0.15, -0.1) is 6.58 Å². The van der Waals surface area contributed by atoms with Gasteiger partial charge in [-0.2, -0.15) is 0 Å². The van der Waals surface area contributed by atoms with Crippen LogP contribution in [0, 0.1) is 0 Å². The van der Waals surface area contributed by atoms with Crippen LogP contribution >= 0.6 is 0 Å². The normalized spacial score (nSPS) is 10.4. The Labute approximate surface area is 129 Å². The van der Waals surface area contributed by atoms with E-state index in [1.54, 1.807) is 17.0 Å². The molecule has 3 rings (SSSR count). The van der Waals surface area contributed by atoms with Crippen LogP contribution in [0.15, 0.2) is 79.4 Å². The fourth-order valence-electron chi connectivity index (χ4n) is 2.37. The van der Waals surface area contributed by atoms with Gasteiger partial charge in [0.2, 0.25) is 0 Å². The van der Waals surface area contributed by atoms with Crippen molar-refractivity contribution in [3.05, 3.63) is 85.1 Å². The molecule has 22 heavy (non-hydrogen) atoms. The average molecular weight is 288 g/mol. The number of carbonyl (C=O) groups is 1. The Balaban J connectivity index is 2.00. The number of hydrogen-bond donors (Lipinski definition) is 0. The van der Waals surface area contributed by atoms with Crippen molar-refractivity contribution in [3.63, 3.8) is 0 Å². The molecule has 1 amide bonds. The van der Waals surface area contributed by atoms with E-state index >= 15 is 0 Å². The third kappa shape index (κ3) is 2.74. The van der Waals surface area contributed by atoms with E-state index in [4.69, 9.17) is 0 Å². The molecule has 0 radical (unpaired) electrons. The van der Waals surface area contributed by atoms with E-state index in [9.17, 15) is 4.79 Å². The summed E-state index contributed by atoms with van der Waals surface area (Å²) in [4.78, 5) is 18.9. The number of anilines is 1. The second-order valence-corrected chi connectivity index (χ2v) is 4.93. The van der Waals surface area contributed by atoms with Crippen LogP contribution in [0.5, 0.6) is 0 Å². The molecule has 0 aliphatic carbocycles. The van der Waals surface area contributed by atoms with Crippen molar-refractivity contribution in [1.29, 1.82) is 0 Å². The second-order valence-electron chi connectivity index (χ2n) is 4.93. The number of hydrogen-bond acceptors (Lipinski definition) is 2. The molecule has 2 aromatic carbocycles. The molecule has 3 aromatic rings. The number of nitrogens with zero attached hydrogens (tertiary/aromatic N) is 2. The number of fused-ring (bicyclic) bond motifs is 1. The van der Waals surface area contributed by atoms with E-state index in [1.165, 1.54) is 0 Å². The predicted molar refractivity (Wildman–Crippen MR) is 90.1 cm³/mol. The van der Waals surface area contributed by atoms with Crippen molar-refractivity contribution >= 4 is 22.5 Å². The van der Waals surface area contributed by atoms with Gasteiger partial charge in [0.15, 0.2) is 0 Å². The first-order valence-electron chi connectivity index (χ1n) is 7.13. The fourth-order valence-corrected chi connectivity index (χ4v) is 2.37. The summed E-state index contributed by atoms with van der Waals surface area (Å²) in [6.07, 6.45) is 1.71. The lowest BCUT2D eigenvalue weighted by Gasteiger charge is -2.21. The van der Waals surface area contributed by atoms with Crippen molar-refractivity contribution in [3.8, 4) is 0 Å². The zero-order valence-electron chi connectivity index (χ0n) is 12.1. The van der Waals surface area contributed by atoms with Gasteiger partial charge in [-0.1, -0.05) is 48.5 Å². The highest BCUT2D eigenvalue weighted by Crippen LogP contribution is 2.18. The Morgan fingerprint density at radius 2 is 1.73 bits per heavy atom. The van der Waals surface area contributed by atoms with Gasteiger partial charge in [-0.3, -0.25) is 4.79 Å². The lowest BCUT2D eigenvalue weighted by molar-refractivity contribution is 0.0985. The molecule has 1 aromatic heterocycles. The predicted octanol–water partition coefficient (Wildman–Crippen LogP) is 4.07. The number of pyridine rings is 1. The number of para-hydroxylation sites is 2. The van der Waals surface area contributed by atoms with Crippen molar-refractivity contribution in [2.24, 2.45) is 0 Å². The number of amides is 1. The van der Waals surface area contributed by atoms with Crippen LogP contribution in [-0.4, -0.2) is 17.4 Å². The molecule has 0 N–H and O–H groups in total. The molecule has 0 saturated heterocycles. The smallest absolute Gasteiger partial charge is 0.277 e. The van der Waals surface area contributed by atoms with Crippen LogP contribution in [0.25, 0.3) is 10.9 Å². The standard InChI is InChI=1S/C19H16N2O/c1-2-14-21(16-9-4-3-5-10-16)19(22)18-13-12-15-8-6-7-11-17(15)20-18/h2-13H,1,14H2. The van der Waals surface area contributed by atoms with E-state index in [0.29, 0.717) is 12.2 Å². The number of carbonyl (C=O) groups excluding carboxylic acids is 1. The third-order valence-corrected chi connectivity index (χ3v) is 3.44. The molecule has 1 heterocycles. The molecule has 0 atom stereocenters. The van der Waals surface area contributed by atoms with Gasteiger partial charge in [0.1, 0.15) is 5.69 Å². The summed E-state index contributed by atoms with van der Waals surface area (Å²) in [5.74, 6) is -0.128. The van der Waals surface area contributed by atoms with Crippen LogP contribution in [0.3, 0.4) is 0 Å². The Hall–Kier alpha value is -2.94. The lowest BCUT2D eigenvalue weighted by Crippen LogP contribution is -2.31. The minimum atomic E-state index is -0.128. The zero-order valence-corrected chi connectivity index (χ0v) is 12.1. The molecular weight excluding hydrogens is 272 g/mol. The maximum Gasteiger partial charge on any atom is 0.277 e. The van der Waals surface area contributed by atoms with Gasteiger partial charge in [-0.25, -0.2) is 4.98 Å². The minimum absolute atomic E-state index is 0.128. The lowest BCUT2D eigenvalue weighted by atomic mass is 10.2. The van der Waals surface area contributed by atoms with Crippen molar-refractivity contribution in [2.45, 2.75) is 0 Å². The van der Waals surface area contributed by atoms with Crippen molar-refractivity contribution in [1.82, 2.24) is 4.98 Å². The number of aromatic nitrogens is 1. The summed E-state index contributed by atoms with van der Waals surface area (Å²) in [5.41, 5.74) is 2.09. The summed E-state index contributed by atoms with van der Waals surface area (Å²) in [5, 5.41) is 1.02. The topological polar surface area (TPSA) is 33.2 Å². The molecule has 0 spiro atoms. The van der Waals surface area contributed by atoms with E-state index < -0.39 is 0 Å². The summed E-state index contributed by atoms with van der Waals surface area (Å²) >= 11 is 0. The van der Waals surface area contributed by atoms with Crippen LogP contribution in [0.2, 0.25) is 0 Å². The van der Waals surface area contributed by atoms with Gasteiger partial charge in [0.25, 0.3) is 5.91 Å². The van der Waals surface area contributed by atoms with E-state index in [-0.39, 0.29) is 5.91 Å². The van der Waals surface area contributed by atoms with Crippen LogP contribution < -0.4 is 4.90 Å². The quantitative estimate of drug-likeness (QED) is 0.678. The molecule has 0 aliphatic rings. The molecule has 3 nitrogen and oxygen atoms in total. The van der Waals surface area contributed by atoms with E-state index in [2.05, 4.69) is 11.6 Å². The molecule has 0 saturated carbocycles. The van der Waals surface area contributed by atoms with Crippen LogP contribution in [0.1, 0.15) is 10.5 Å². The number of rotatable bonds is 4. The summed E-state index contributed by atoms with van der Waals surface area (Å²) < 4.78 is 0. The maximum atomic E-state index is 12.8. The van der Waals surface area contributed by atoms with E-state index in [0.717, 1.165) is 16.6 Å². The van der Waals surface area contributed by atoms with Crippen molar-refractivity contribution in [2.75, 3.05) is 11.4 Å². The molecular formula is C19H16N2O. The largest absolute Gasteiger partial charge is 0.303 e. The Bertz CT molecular complexity index is 812. The first-order valence-corrected chi connectivity index (χ1v) is 7.13. The van der Waals surface area contributed by atoms with Gasteiger partial charge >= 0.3 is 0 Å². The Morgan fingerprint density at radius 1 is 1.00 bits per heavy atom. The SMILES string of the molecule is C=CCN(C(=O)c1ccc2ccccc2n1)c1ccccc1. The first-order chi connectivity index (χ1) is 10.8. The summed E-state index contributed by atoms with van der Waals surface area (Å²) in [6.45, 7) is 4.18. The summed E-state index contributed by atoms with van der Waals surface area (Å²) in [7, 11) is 0. The van der Waals surface area contributed by atoms with Crippen LogP contribution in [0.4, 0.5) is 5.69 Å². The molecule has 3 heteroatoms. The van der Waals surface area contributed by atoms with Gasteiger partial charge in [-0.05, 0) is 24.3 Å². The number of benzene rings is 2. The highest BCUT2D eigenvalue weighted by molar-refractivity contribution is 6.06. The average Bonchev–Trinajstić information content (AvgIpc) is 2.59. The Kier molecular flexibility index (Phi) is 3.97. The molecule has 108 valence electrons. The van der Waals surface area contributed by atoms with E-state index in [1.807, 2.05) is 60.7 Å². The first kappa shape index (κ1) is 14.0. The zero-order chi connectivity index (χ0) is 15.4. The molecule has 0 fully saturated rings. The molecule has 0 aliphatic heterocycles. The van der Waals surface area contributed by atoms with Gasteiger partial charge < -0.3 is 4.90 Å². The molecule has 0 bridgehead atoms. The maximum absolute atomic E-state index is 12.8. The van der Waals surface area contributed by atoms with Crippen LogP contribution in [-0.2, 0) is 0 Å². The van der Waals surface area contributed by atoms with Crippen molar-refractivity contribution < 1.29 is 4.79 Å². The fraction of sp³-hybridized carbons (Fsp3) is 0.0526. The summed E-state index contributed by atoms with van der Waals surface area (Å²) in [6, 6.07) is 21.0. The minimum Gasteiger partial charge on any atom is -0.303 e. The molecule has 0 unspecified atom stereocenters. The highest BCUT2D eigenvalue weighted by Gasteiger charge is 2.17. The second kappa shape index (κ2) is 6.22. The monoisotopic (exact) mass is 288 g/mol. The van der Waals surface area contributed by atoms with Gasteiger partial charge in [0.05, 0.1) is 5.52 Å². The van der Waals surface area contributed by atoms with Gasteiger partial charge in [0, 0.05) is 17.6 Å². The Morgan fingerprint density at radius 3 is 2.50 bits per heavy atom. The third-order valence-electron chi connectivity index (χ3n) is 3.44.